The predicted molar refractivity (Wildman–Crippen MR) is 39.4 cm³/mol. The Bertz CT molecular complexity index is 430. The highest BCUT2D eigenvalue weighted by Gasteiger charge is 2.03. The van der Waals surface area contributed by atoms with Crippen LogP contribution in [0.4, 0.5) is 0 Å². The number of hydrogen-bond donors (Lipinski definition) is 3. The second-order valence-corrected chi connectivity index (χ2v) is 2.53. The first-order chi connectivity index (χ1) is 5.25. The van der Waals surface area contributed by atoms with E-state index in [4.69, 9.17) is 11.6 Å². The van der Waals surface area contributed by atoms with Gasteiger partial charge in [0.25, 0.3) is 0 Å². The zero-order chi connectivity index (χ0) is 7.84. The van der Waals surface area contributed by atoms with Crippen molar-refractivity contribution in [3.05, 3.63) is 21.3 Å². The molecule has 1 aliphatic heterocycles. The molecule has 2 heterocycles. The minimum atomic E-state index is -0.492. The summed E-state index contributed by atoms with van der Waals surface area (Å²) in [6.07, 6.45) is 1.61. The molecule has 6 heteroatoms. The van der Waals surface area contributed by atoms with Crippen molar-refractivity contribution in [3.63, 3.8) is 0 Å². The van der Waals surface area contributed by atoms with Gasteiger partial charge >= 0.3 is 5.69 Å². The van der Waals surface area contributed by atoms with Gasteiger partial charge in [-0.25, -0.2) is 9.79 Å². The van der Waals surface area contributed by atoms with Crippen LogP contribution in [0.5, 0.6) is 0 Å². The zero-order valence-electron chi connectivity index (χ0n) is 5.39. The Morgan fingerprint density at radius 2 is 2.36 bits per heavy atom. The van der Waals surface area contributed by atoms with Gasteiger partial charge in [0.05, 0.1) is 0 Å². The Kier molecular flexibility index (Phi) is 1.25. The number of aromatic amines is 2. The molecule has 0 bridgehead atoms. The van der Waals surface area contributed by atoms with Crippen LogP contribution in [0.1, 0.15) is 0 Å². The lowest BCUT2D eigenvalue weighted by Gasteiger charge is -2.04. The van der Waals surface area contributed by atoms with E-state index in [1.807, 2.05) is 0 Å². The lowest BCUT2D eigenvalue weighted by Crippen LogP contribution is -2.36. The van der Waals surface area contributed by atoms with Gasteiger partial charge < -0.3 is 10.3 Å². The topological polar surface area (TPSA) is 73.0 Å². The van der Waals surface area contributed by atoms with Crippen molar-refractivity contribution < 1.29 is 0 Å². The SMILES string of the molecule is O=c1[nH]c2c([nH]1)=NC(Cl)NC=2. The minimum Gasteiger partial charge on any atom is -0.355 e. The fraction of sp³-hybridized carbons (Fsp3) is 0.200. The van der Waals surface area contributed by atoms with Gasteiger partial charge in [0, 0.05) is 6.20 Å². The van der Waals surface area contributed by atoms with Gasteiger partial charge in [0.1, 0.15) is 5.35 Å². The highest BCUT2D eigenvalue weighted by molar-refractivity contribution is 6.20. The van der Waals surface area contributed by atoms with E-state index >= 15 is 0 Å². The van der Waals surface area contributed by atoms with Crippen molar-refractivity contribution in [3.8, 4) is 0 Å². The summed E-state index contributed by atoms with van der Waals surface area (Å²) < 4.78 is 0. The van der Waals surface area contributed by atoms with E-state index < -0.39 is 5.62 Å². The molecule has 0 radical (unpaired) electrons. The molecule has 0 saturated heterocycles. The lowest BCUT2D eigenvalue weighted by molar-refractivity contribution is 0.781. The standard InChI is InChI=1S/C5H5ClN4O/c6-4-7-1-2-3(9-4)10-5(11)8-2/h1,4,7H,(H2,8,9,10,11). The second-order valence-electron chi connectivity index (χ2n) is 2.12. The Labute approximate surface area is 65.8 Å². The summed E-state index contributed by atoms with van der Waals surface area (Å²) in [5.74, 6) is 0. The third-order valence-electron chi connectivity index (χ3n) is 1.34. The van der Waals surface area contributed by atoms with Crippen LogP contribution < -0.4 is 21.8 Å². The molecule has 58 valence electrons. The summed E-state index contributed by atoms with van der Waals surface area (Å²) in [7, 11) is 0. The molecule has 1 aromatic rings. The first-order valence-corrected chi connectivity index (χ1v) is 3.46. The Morgan fingerprint density at radius 3 is 3.18 bits per heavy atom. The average Bonchev–Trinajstić information content (AvgIpc) is 2.27. The number of aromatic nitrogens is 2. The quantitative estimate of drug-likeness (QED) is 0.319. The van der Waals surface area contributed by atoms with Gasteiger partial charge in [0.2, 0.25) is 0 Å². The van der Waals surface area contributed by atoms with Crippen LogP contribution in [0.15, 0.2) is 9.79 Å². The van der Waals surface area contributed by atoms with Gasteiger partial charge in [-0.05, 0) is 0 Å². The summed E-state index contributed by atoms with van der Waals surface area (Å²) in [6, 6.07) is 0. The molecule has 1 aromatic heterocycles. The van der Waals surface area contributed by atoms with Crippen molar-refractivity contribution in [2.24, 2.45) is 4.99 Å². The summed E-state index contributed by atoms with van der Waals surface area (Å²) >= 11 is 5.61. The lowest BCUT2D eigenvalue weighted by atomic mass is 10.6. The smallest absolute Gasteiger partial charge is 0.325 e. The van der Waals surface area contributed by atoms with E-state index in [9.17, 15) is 4.79 Å². The number of halogens is 1. The number of H-pyrrole nitrogens is 2. The normalized spacial score (nSPS) is 21.0. The number of imidazole rings is 1. The number of hydrogen-bond acceptors (Lipinski definition) is 3. The van der Waals surface area contributed by atoms with Gasteiger partial charge in [-0.2, -0.15) is 0 Å². The van der Waals surface area contributed by atoms with Crippen LogP contribution in [0.25, 0.3) is 6.20 Å². The zero-order valence-corrected chi connectivity index (χ0v) is 6.14. The van der Waals surface area contributed by atoms with E-state index in [2.05, 4.69) is 20.3 Å². The van der Waals surface area contributed by atoms with Crippen molar-refractivity contribution in [2.75, 3.05) is 0 Å². The fourth-order valence-corrected chi connectivity index (χ4v) is 1.06. The third-order valence-corrected chi connectivity index (χ3v) is 1.57. The molecule has 3 N–H and O–H groups in total. The maximum absolute atomic E-state index is 10.7. The Morgan fingerprint density at radius 1 is 1.55 bits per heavy atom. The predicted octanol–water partition coefficient (Wildman–Crippen LogP) is -1.81. The van der Waals surface area contributed by atoms with Crippen LogP contribution in [0.2, 0.25) is 0 Å². The van der Waals surface area contributed by atoms with Crippen LogP contribution in [0, 0.1) is 0 Å². The first-order valence-electron chi connectivity index (χ1n) is 3.02. The molecule has 0 amide bonds. The molecular weight excluding hydrogens is 168 g/mol. The van der Waals surface area contributed by atoms with Crippen molar-refractivity contribution in [1.82, 2.24) is 15.3 Å². The molecule has 0 saturated carbocycles. The van der Waals surface area contributed by atoms with Crippen LogP contribution >= 0.6 is 11.6 Å². The van der Waals surface area contributed by atoms with Crippen LogP contribution in [-0.2, 0) is 0 Å². The van der Waals surface area contributed by atoms with E-state index in [-0.39, 0.29) is 5.69 Å². The number of nitrogens with zero attached hydrogens (tertiary/aromatic N) is 1. The number of rotatable bonds is 0. The highest BCUT2D eigenvalue weighted by atomic mass is 35.5. The van der Waals surface area contributed by atoms with Gasteiger partial charge in [-0.3, -0.25) is 4.98 Å². The molecule has 2 rings (SSSR count). The number of alkyl halides is 1. The molecule has 0 fully saturated rings. The van der Waals surface area contributed by atoms with Crippen molar-refractivity contribution in [2.45, 2.75) is 5.62 Å². The van der Waals surface area contributed by atoms with Gasteiger partial charge in [-0.1, -0.05) is 11.6 Å². The first kappa shape index (κ1) is 6.48. The molecule has 0 aliphatic carbocycles. The van der Waals surface area contributed by atoms with Gasteiger partial charge in [-0.15, -0.1) is 0 Å². The molecular formula is C5H5ClN4O. The average molecular weight is 173 g/mol. The monoisotopic (exact) mass is 172 g/mol. The largest absolute Gasteiger partial charge is 0.355 e. The third kappa shape index (κ3) is 1.03. The molecule has 0 aromatic carbocycles. The molecule has 0 spiro atoms. The highest BCUT2D eigenvalue weighted by Crippen LogP contribution is 1.90. The molecule has 1 aliphatic rings. The number of fused-ring (bicyclic) bond motifs is 1. The summed E-state index contributed by atoms with van der Waals surface area (Å²) in [4.78, 5) is 19.6. The minimum absolute atomic E-state index is 0.275. The summed E-state index contributed by atoms with van der Waals surface area (Å²) in [6.45, 7) is 0. The molecule has 1 unspecified atom stereocenters. The van der Waals surface area contributed by atoms with Crippen LogP contribution in [-0.4, -0.2) is 15.6 Å². The second kappa shape index (κ2) is 2.13. The summed E-state index contributed by atoms with van der Waals surface area (Å²) in [5, 5.41) is 3.37. The van der Waals surface area contributed by atoms with E-state index in [0.717, 1.165) is 0 Å². The van der Waals surface area contributed by atoms with Crippen LogP contribution in [0.3, 0.4) is 0 Å². The number of nitrogens with one attached hydrogen (secondary N) is 3. The van der Waals surface area contributed by atoms with E-state index in [1.54, 1.807) is 6.20 Å². The van der Waals surface area contributed by atoms with Crippen molar-refractivity contribution >= 4 is 17.8 Å². The summed E-state index contributed by atoms with van der Waals surface area (Å²) in [5.41, 5.74) is -0.273. The molecule has 5 nitrogen and oxygen atoms in total. The fourth-order valence-electron chi connectivity index (χ4n) is 0.897. The maximum atomic E-state index is 10.7. The van der Waals surface area contributed by atoms with Crippen molar-refractivity contribution in [1.29, 1.82) is 0 Å². The Balaban J connectivity index is 2.82. The molecule has 11 heavy (non-hydrogen) atoms. The Hall–Kier alpha value is -1.23. The van der Waals surface area contributed by atoms with E-state index in [1.165, 1.54) is 0 Å². The molecule has 1 atom stereocenters. The van der Waals surface area contributed by atoms with Gasteiger partial charge in [0.15, 0.2) is 11.1 Å². The van der Waals surface area contributed by atoms with E-state index in [0.29, 0.717) is 10.8 Å². The maximum Gasteiger partial charge on any atom is 0.325 e.